The van der Waals surface area contributed by atoms with Crippen LogP contribution < -0.4 is 5.32 Å². The number of halogens is 2. The monoisotopic (exact) mass is 350 g/mol. The first-order chi connectivity index (χ1) is 8.91. The van der Waals surface area contributed by atoms with Crippen LogP contribution in [0.4, 0.5) is 4.39 Å². The van der Waals surface area contributed by atoms with Gasteiger partial charge in [0.25, 0.3) is 0 Å². The van der Waals surface area contributed by atoms with E-state index in [1.807, 2.05) is 0 Å². The van der Waals surface area contributed by atoms with Gasteiger partial charge in [0.05, 0.1) is 9.37 Å². The smallest absolute Gasteiger partial charge is 0.243 e. The van der Waals surface area contributed by atoms with Gasteiger partial charge in [0.1, 0.15) is 5.82 Å². The summed E-state index contributed by atoms with van der Waals surface area (Å²) in [5.41, 5.74) is 0. The van der Waals surface area contributed by atoms with E-state index in [4.69, 9.17) is 0 Å². The van der Waals surface area contributed by atoms with Crippen molar-refractivity contribution < 1.29 is 17.6 Å². The Kier molecular flexibility index (Phi) is 4.22. The van der Waals surface area contributed by atoms with Gasteiger partial charge in [-0.05, 0) is 34.1 Å². The van der Waals surface area contributed by atoms with Gasteiger partial charge in [-0.2, -0.15) is 4.31 Å². The Morgan fingerprint density at radius 2 is 2.05 bits per heavy atom. The van der Waals surface area contributed by atoms with Crippen LogP contribution in [-0.4, -0.2) is 38.3 Å². The van der Waals surface area contributed by atoms with E-state index in [0.29, 0.717) is 0 Å². The van der Waals surface area contributed by atoms with E-state index < -0.39 is 15.8 Å². The van der Waals surface area contributed by atoms with Crippen molar-refractivity contribution in [2.24, 2.45) is 0 Å². The van der Waals surface area contributed by atoms with Crippen LogP contribution in [0.15, 0.2) is 27.6 Å². The van der Waals surface area contributed by atoms with Crippen molar-refractivity contribution in [3.05, 3.63) is 28.5 Å². The summed E-state index contributed by atoms with van der Waals surface area (Å²) >= 11 is 2.97. The molecule has 19 heavy (non-hydrogen) atoms. The molecule has 1 aromatic carbocycles. The third-order valence-corrected chi connectivity index (χ3v) is 5.34. The summed E-state index contributed by atoms with van der Waals surface area (Å²) in [5.74, 6) is -0.815. The molecule has 0 saturated carbocycles. The number of amides is 1. The predicted octanol–water partition coefficient (Wildman–Crippen LogP) is 1.10. The molecule has 1 aliphatic heterocycles. The number of hydrogen-bond acceptors (Lipinski definition) is 3. The molecule has 104 valence electrons. The fraction of sp³-hybridized carbons (Fsp3) is 0.364. The maximum Gasteiger partial charge on any atom is 0.243 e. The standard InChI is InChI=1S/C11H12BrFN2O3S/c12-9-2-1-8(7-10(9)13)19(17,18)15-5-3-11(16)14-4-6-15/h1-2,7H,3-6H2,(H,14,16). The number of rotatable bonds is 2. The Balaban J connectivity index is 2.30. The van der Waals surface area contributed by atoms with Gasteiger partial charge >= 0.3 is 0 Å². The first-order valence-electron chi connectivity index (χ1n) is 5.63. The predicted molar refractivity (Wildman–Crippen MR) is 70.5 cm³/mol. The molecular weight excluding hydrogens is 339 g/mol. The fourth-order valence-electron chi connectivity index (χ4n) is 1.77. The van der Waals surface area contributed by atoms with Crippen LogP contribution >= 0.6 is 15.9 Å². The highest BCUT2D eigenvalue weighted by Crippen LogP contribution is 2.22. The van der Waals surface area contributed by atoms with Crippen LogP contribution in [0.25, 0.3) is 0 Å². The molecule has 0 unspecified atom stereocenters. The molecule has 2 rings (SSSR count). The second-order valence-electron chi connectivity index (χ2n) is 4.08. The molecule has 1 amide bonds. The Bertz CT molecular complexity index is 606. The van der Waals surface area contributed by atoms with Gasteiger partial charge in [-0.15, -0.1) is 0 Å². The second-order valence-corrected chi connectivity index (χ2v) is 6.87. The zero-order chi connectivity index (χ0) is 14.0. The number of nitrogens with one attached hydrogen (secondary N) is 1. The molecule has 1 aromatic rings. The molecule has 1 saturated heterocycles. The summed E-state index contributed by atoms with van der Waals surface area (Å²) in [5, 5.41) is 2.59. The summed E-state index contributed by atoms with van der Waals surface area (Å²) in [6, 6.07) is 3.66. The molecule has 1 heterocycles. The largest absolute Gasteiger partial charge is 0.355 e. The van der Waals surface area contributed by atoms with Crippen LogP contribution in [0.2, 0.25) is 0 Å². The maximum absolute atomic E-state index is 13.4. The van der Waals surface area contributed by atoms with Crippen molar-refractivity contribution in [1.29, 1.82) is 0 Å². The lowest BCUT2D eigenvalue weighted by atomic mass is 10.3. The van der Waals surface area contributed by atoms with Gasteiger partial charge in [-0.3, -0.25) is 4.79 Å². The van der Waals surface area contributed by atoms with Crippen LogP contribution in [0.5, 0.6) is 0 Å². The lowest BCUT2D eigenvalue weighted by molar-refractivity contribution is -0.120. The van der Waals surface area contributed by atoms with Gasteiger partial charge in [0, 0.05) is 26.1 Å². The Hall–Kier alpha value is -0.990. The van der Waals surface area contributed by atoms with Gasteiger partial charge in [-0.1, -0.05) is 0 Å². The summed E-state index contributed by atoms with van der Waals surface area (Å²) in [7, 11) is -3.77. The zero-order valence-corrected chi connectivity index (χ0v) is 12.3. The minimum atomic E-state index is -3.77. The van der Waals surface area contributed by atoms with Crippen molar-refractivity contribution >= 4 is 31.9 Å². The van der Waals surface area contributed by atoms with E-state index in [2.05, 4.69) is 21.2 Å². The van der Waals surface area contributed by atoms with Crippen molar-refractivity contribution in [3.63, 3.8) is 0 Å². The average molecular weight is 351 g/mol. The van der Waals surface area contributed by atoms with Crippen molar-refractivity contribution in [2.45, 2.75) is 11.3 Å². The zero-order valence-electron chi connectivity index (χ0n) is 9.90. The summed E-state index contributed by atoms with van der Waals surface area (Å²) in [6.07, 6.45) is 0.109. The molecule has 0 aliphatic carbocycles. The van der Waals surface area contributed by atoms with Gasteiger partial charge in [0.15, 0.2) is 0 Å². The van der Waals surface area contributed by atoms with Gasteiger partial charge < -0.3 is 5.32 Å². The first-order valence-corrected chi connectivity index (χ1v) is 7.86. The lowest BCUT2D eigenvalue weighted by Crippen LogP contribution is -2.34. The summed E-state index contributed by atoms with van der Waals surface area (Å²) in [4.78, 5) is 11.1. The van der Waals surface area contributed by atoms with Crippen LogP contribution in [-0.2, 0) is 14.8 Å². The second kappa shape index (κ2) is 5.56. The summed E-state index contributed by atoms with van der Waals surface area (Å²) < 4.78 is 39.4. The third kappa shape index (κ3) is 3.13. The molecule has 0 bridgehead atoms. The highest BCUT2D eigenvalue weighted by atomic mass is 79.9. The number of sulfonamides is 1. The fourth-order valence-corrected chi connectivity index (χ4v) is 3.47. The van der Waals surface area contributed by atoms with Gasteiger partial charge in [0.2, 0.25) is 15.9 Å². The molecular formula is C11H12BrFN2O3S. The number of carbonyl (C=O) groups excluding carboxylic acids is 1. The SMILES string of the molecule is O=C1CCN(S(=O)(=O)c2ccc(Br)c(F)c2)CCN1. The van der Waals surface area contributed by atoms with E-state index in [1.54, 1.807) is 0 Å². The normalized spacial score (nSPS) is 17.9. The van der Waals surface area contributed by atoms with Crippen LogP contribution in [0.1, 0.15) is 6.42 Å². The minimum absolute atomic E-state index is 0.103. The van der Waals surface area contributed by atoms with Crippen molar-refractivity contribution in [2.75, 3.05) is 19.6 Å². The first kappa shape index (κ1) is 14.4. The van der Waals surface area contributed by atoms with Crippen LogP contribution in [0.3, 0.4) is 0 Å². The maximum atomic E-state index is 13.4. The Morgan fingerprint density at radius 3 is 2.74 bits per heavy atom. The number of hydrogen-bond donors (Lipinski definition) is 1. The van der Waals surface area contributed by atoms with Gasteiger partial charge in [-0.25, -0.2) is 12.8 Å². The number of carbonyl (C=O) groups is 1. The van der Waals surface area contributed by atoms with E-state index in [1.165, 1.54) is 16.4 Å². The third-order valence-electron chi connectivity index (χ3n) is 2.80. The highest BCUT2D eigenvalue weighted by Gasteiger charge is 2.27. The van der Waals surface area contributed by atoms with E-state index in [-0.39, 0.29) is 41.3 Å². The van der Waals surface area contributed by atoms with E-state index in [0.717, 1.165) is 6.07 Å². The van der Waals surface area contributed by atoms with E-state index in [9.17, 15) is 17.6 Å². The molecule has 0 atom stereocenters. The molecule has 1 N–H and O–H groups in total. The lowest BCUT2D eigenvalue weighted by Gasteiger charge is -2.19. The number of nitrogens with zero attached hydrogens (tertiary/aromatic N) is 1. The molecule has 0 radical (unpaired) electrons. The van der Waals surface area contributed by atoms with E-state index >= 15 is 0 Å². The number of benzene rings is 1. The van der Waals surface area contributed by atoms with Crippen molar-refractivity contribution in [3.8, 4) is 0 Å². The Morgan fingerprint density at radius 1 is 1.32 bits per heavy atom. The average Bonchev–Trinajstić information content (AvgIpc) is 2.57. The molecule has 8 heteroatoms. The highest BCUT2D eigenvalue weighted by molar-refractivity contribution is 9.10. The van der Waals surface area contributed by atoms with Crippen molar-refractivity contribution in [1.82, 2.24) is 9.62 Å². The summed E-state index contributed by atoms with van der Waals surface area (Å²) in [6.45, 7) is 0.550. The quantitative estimate of drug-likeness (QED) is 0.868. The molecule has 1 aliphatic rings. The minimum Gasteiger partial charge on any atom is -0.355 e. The molecule has 5 nitrogen and oxygen atoms in total. The van der Waals surface area contributed by atoms with Crippen LogP contribution in [0, 0.1) is 5.82 Å². The Labute approximate surface area is 119 Å². The molecule has 0 aromatic heterocycles. The topological polar surface area (TPSA) is 66.5 Å². The molecule has 1 fully saturated rings. The molecule has 0 spiro atoms.